The summed E-state index contributed by atoms with van der Waals surface area (Å²) in [5, 5.41) is 8.90. The van der Waals surface area contributed by atoms with E-state index in [0.29, 0.717) is 15.9 Å². The van der Waals surface area contributed by atoms with Crippen LogP contribution in [0.2, 0.25) is 0 Å². The van der Waals surface area contributed by atoms with Gasteiger partial charge in [-0.15, -0.1) is 0 Å². The van der Waals surface area contributed by atoms with E-state index < -0.39 is 5.82 Å². The zero-order chi connectivity index (χ0) is 13.1. The van der Waals surface area contributed by atoms with Crippen LogP contribution in [0.15, 0.2) is 40.9 Å². The number of nitriles is 1. The molecule has 0 aromatic heterocycles. The van der Waals surface area contributed by atoms with Gasteiger partial charge in [-0.1, -0.05) is 12.1 Å². The molecule has 0 heterocycles. The van der Waals surface area contributed by atoms with Crippen LogP contribution in [0.25, 0.3) is 0 Å². The first kappa shape index (κ1) is 12.4. The van der Waals surface area contributed by atoms with Crippen molar-refractivity contribution in [3.05, 3.63) is 52.3 Å². The van der Waals surface area contributed by atoms with Gasteiger partial charge in [-0.25, -0.2) is 4.39 Å². The Kier molecular flexibility index (Phi) is 3.49. The Morgan fingerprint density at radius 3 is 2.61 bits per heavy atom. The molecule has 18 heavy (non-hydrogen) atoms. The fourth-order valence-electron chi connectivity index (χ4n) is 1.44. The van der Waals surface area contributed by atoms with Crippen LogP contribution < -0.4 is 10.5 Å². The number of hydrogen-bond acceptors (Lipinski definition) is 3. The van der Waals surface area contributed by atoms with Gasteiger partial charge in [-0.3, -0.25) is 0 Å². The number of halogens is 2. The fraction of sp³-hybridized carbons (Fsp3) is 0. The minimum atomic E-state index is -0.624. The molecule has 2 aromatic rings. The van der Waals surface area contributed by atoms with Gasteiger partial charge in [0.25, 0.3) is 0 Å². The van der Waals surface area contributed by atoms with E-state index in [9.17, 15) is 4.39 Å². The van der Waals surface area contributed by atoms with Crippen molar-refractivity contribution in [1.82, 2.24) is 0 Å². The Bertz CT molecular complexity index is 617. The van der Waals surface area contributed by atoms with Crippen LogP contribution in [0.3, 0.4) is 0 Å². The molecule has 0 saturated carbocycles. The molecule has 5 heteroatoms. The molecule has 0 saturated heterocycles. The molecule has 0 atom stereocenters. The highest BCUT2D eigenvalue weighted by Gasteiger charge is 2.13. The quantitative estimate of drug-likeness (QED) is 0.858. The van der Waals surface area contributed by atoms with Gasteiger partial charge in [0.15, 0.2) is 5.75 Å². The Morgan fingerprint density at radius 2 is 1.94 bits per heavy atom. The number of nitrogens with zero attached hydrogens (tertiary/aromatic N) is 1. The predicted molar refractivity (Wildman–Crippen MR) is 69.7 cm³/mol. The molecule has 3 nitrogen and oxygen atoms in total. The first-order valence-electron chi connectivity index (χ1n) is 5.04. The number of rotatable bonds is 2. The lowest BCUT2D eigenvalue weighted by Crippen LogP contribution is -1.96. The SMILES string of the molecule is N#Cc1c(F)cccc1Oc1c(N)cccc1Br. The van der Waals surface area contributed by atoms with Crippen molar-refractivity contribution in [3.63, 3.8) is 0 Å². The minimum Gasteiger partial charge on any atom is -0.452 e. The maximum absolute atomic E-state index is 13.4. The summed E-state index contributed by atoms with van der Waals surface area (Å²) < 4.78 is 19.6. The average molecular weight is 307 g/mol. The largest absolute Gasteiger partial charge is 0.452 e. The van der Waals surface area contributed by atoms with Crippen molar-refractivity contribution in [2.24, 2.45) is 0 Å². The molecule has 0 aliphatic carbocycles. The lowest BCUT2D eigenvalue weighted by atomic mass is 10.2. The van der Waals surface area contributed by atoms with E-state index in [0.717, 1.165) is 0 Å². The molecular weight excluding hydrogens is 299 g/mol. The lowest BCUT2D eigenvalue weighted by Gasteiger charge is -2.11. The zero-order valence-corrected chi connectivity index (χ0v) is 10.7. The van der Waals surface area contributed by atoms with E-state index >= 15 is 0 Å². The molecule has 0 fully saturated rings. The second-order valence-electron chi connectivity index (χ2n) is 3.49. The summed E-state index contributed by atoms with van der Waals surface area (Å²) in [5.74, 6) is -0.128. The smallest absolute Gasteiger partial charge is 0.164 e. The molecule has 90 valence electrons. The van der Waals surface area contributed by atoms with E-state index in [1.165, 1.54) is 18.2 Å². The number of anilines is 1. The molecular formula is C13H8BrFN2O. The second kappa shape index (κ2) is 5.07. The van der Waals surface area contributed by atoms with Crippen LogP contribution in [-0.2, 0) is 0 Å². The lowest BCUT2D eigenvalue weighted by molar-refractivity contribution is 0.474. The molecule has 0 radical (unpaired) electrons. The molecule has 0 aliphatic rings. The van der Waals surface area contributed by atoms with E-state index in [2.05, 4.69) is 15.9 Å². The van der Waals surface area contributed by atoms with Crippen LogP contribution >= 0.6 is 15.9 Å². The summed E-state index contributed by atoms with van der Waals surface area (Å²) in [5.41, 5.74) is 6.02. The van der Waals surface area contributed by atoms with E-state index in [1.807, 2.05) is 0 Å². The molecule has 2 rings (SSSR count). The van der Waals surface area contributed by atoms with Crippen molar-refractivity contribution in [2.75, 3.05) is 5.73 Å². The topological polar surface area (TPSA) is 59.0 Å². The number of para-hydroxylation sites is 1. The van der Waals surface area contributed by atoms with Crippen LogP contribution in [0.1, 0.15) is 5.56 Å². The van der Waals surface area contributed by atoms with Gasteiger partial charge < -0.3 is 10.5 Å². The summed E-state index contributed by atoms with van der Waals surface area (Å²) in [7, 11) is 0. The summed E-state index contributed by atoms with van der Waals surface area (Å²) in [6.45, 7) is 0. The van der Waals surface area contributed by atoms with E-state index in [1.54, 1.807) is 24.3 Å². The number of nitrogen functional groups attached to an aromatic ring is 1. The molecule has 2 N–H and O–H groups in total. The summed E-state index contributed by atoms with van der Waals surface area (Å²) in [4.78, 5) is 0. The van der Waals surface area contributed by atoms with E-state index in [-0.39, 0.29) is 11.3 Å². The first-order valence-corrected chi connectivity index (χ1v) is 5.83. The standard InChI is InChI=1S/C13H8BrFN2O/c14-9-3-1-5-11(17)13(9)18-12-6-2-4-10(15)8(12)7-16/h1-6H,17H2. The van der Waals surface area contributed by atoms with Crippen LogP contribution in [0.4, 0.5) is 10.1 Å². The van der Waals surface area contributed by atoms with Crippen molar-refractivity contribution in [1.29, 1.82) is 5.26 Å². The van der Waals surface area contributed by atoms with Gasteiger partial charge in [-0.2, -0.15) is 5.26 Å². The van der Waals surface area contributed by atoms with E-state index in [4.69, 9.17) is 15.7 Å². The molecule has 0 amide bonds. The molecule has 2 aromatic carbocycles. The zero-order valence-electron chi connectivity index (χ0n) is 9.15. The van der Waals surface area contributed by atoms with Gasteiger partial charge in [0, 0.05) is 0 Å². The van der Waals surface area contributed by atoms with Crippen molar-refractivity contribution < 1.29 is 9.13 Å². The van der Waals surface area contributed by atoms with Crippen LogP contribution in [0.5, 0.6) is 11.5 Å². The maximum Gasteiger partial charge on any atom is 0.164 e. The second-order valence-corrected chi connectivity index (χ2v) is 4.34. The van der Waals surface area contributed by atoms with Gasteiger partial charge in [0.2, 0.25) is 0 Å². The highest BCUT2D eigenvalue weighted by molar-refractivity contribution is 9.10. The first-order chi connectivity index (χ1) is 8.63. The summed E-state index contributed by atoms with van der Waals surface area (Å²) >= 11 is 3.29. The van der Waals surface area contributed by atoms with Gasteiger partial charge in [0.1, 0.15) is 23.2 Å². The van der Waals surface area contributed by atoms with Crippen molar-refractivity contribution >= 4 is 21.6 Å². The molecule has 0 bridgehead atoms. The number of hydrogen-bond donors (Lipinski definition) is 1. The van der Waals surface area contributed by atoms with Gasteiger partial charge in [0.05, 0.1) is 10.2 Å². The normalized spacial score (nSPS) is 9.83. The number of benzene rings is 2. The highest BCUT2D eigenvalue weighted by Crippen LogP contribution is 2.36. The average Bonchev–Trinajstić information content (AvgIpc) is 2.34. The third-order valence-corrected chi connectivity index (χ3v) is 2.92. The maximum atomic E-state index is 13.4. The number of ether oxygens (including phenoxy) is 1. The van der Waals surface area contributed by atoms with Crippen LogP contribution in [-0.4, -0.2) is 0 Å². The minimum absolute atomic E-state index is 0.135. The van der Waals surface area contributed by atoms with Gasteiger partial charge in [-0.05, 0) is 40.2 Å². The predicted octanol–water partition coefficient (Wildman–Crippen LogP) is 3.83. The Morgan fingerprint density at radius 1 is 1.22 bits per heavy atom. The van der Waals surface area contributed by atoms with Gasteiger partial charge >= 0.3 is 0 Å². The Labute approximate surface area is 112 Å². The molecule has 0 aliphatic heterocycles. The summed E-state index contributed by atoms with van der Waals surface area (Å²) in [6.07, 6.45) is 0. The Balaban J connectivity index is 2.48. The van der Waals surface area contributed by atoms with Crippen molar-refractivity contribution in [2.45, 2.75) is 0 Å². The number of nitrogens with two attached hydrogens (primary N) is 1. The molecule has 0 spiro atoms. The monoisotopic (exact) mass is 306 g/mol. The molecule has 0 unspecified atom stereocenters. The van der Waals surface area contributed by atoms with Crippen molar-refractivity contribution in [3.8, 4) is 17.6 Å². The van der Waals surface area contributed by atoms with Crippen LogP contribution in [0, 0.1) is 17.1 Å². The Hall–Kier alpha value is -2.06. The highest BCUT2D eigenvalue weighted by atomic mass is 79.9. The third-order valence-electron chi connectivity index (χ3n) is 2.30. The third kappa shape index (κ3) is 2.29. The fourth-order valence-corrected chi connectivity index (χ4v) is 1.90. The summed E-state index contributed by atoms with van der Waals surface area (Å²) in [6, 6.07) is 11.1.